The lowest BCUT2D eigenvalue weighted by Crippen LogP contribution is -2.25. The van der Waals surface area contributed by atoms with Gasteiger partial charge in [-0.15, -0.1) is 13.2 Å². The van der Waals surface area contributed by atoms with Gasteiger partial charge in [-0.1, -0.05) is 0 Å². The number of rotatable bonds is 6. The molecule has 3 aromatic rings. The van der Waals surface area contributed by atoms with Gasteiger partial charge in [-0.3, -0.25) is 4.79 Å². The molecule has 0 atom stereocenters. The van der Waals surface area contributed by atoms with Crippen molar-refractivity contribution in [2.75, 3.05) is 13.2 Å². The summed E-state index contributed by atoms with van der Waals surface area (Å²) < 4.78 is 47.7. The average Bonchev–Trinajstić information content (AvgIpc) is 3.40. The van der Waals surface area contributed by atoms with Crippen LogP contribution in [0.2, 0.25) is 0 Å². The van der Waals surface area contributed by atoms with Crippen LogP contribution in [-0.4, -0.2) is 45.4 Å². The van der Waals surface area contributed by atoms with Gasteiger partial charge in [0.2, 0.25) is 5.91 Å². The molecule has 0 radical (unpaired) electrons. The first-order valence-corrected chi connectivity index (χ1v) is 9.23. The van der Waals surface area contributed by atoms with Crippen molar-refractivity contribution in [3.8, 4) is 11.4 Å². The molecule has 0 spiro atoms. The SMILES string of the molecule is O=C(NCc1nn(-c2ccc(OC(F)(F)F)cc2)c2nccc(CO)c12)C1=CCOC1. The van der Waals surface area contributed by atoms with E-state index in [1.54, 1.807) is 12.1 Å². The molecule has 3 heterocycles. The van der Waals surface area contributed by atoms with Crippen molar-refractivity contribution in [2.24, 2.45) is 0 Å². The van der Waals surface area contributed by atoms with E-state index in [2.05, 4.69) is 20.1 Å². The van der Waals surface area contributed by atoms with Crippen LogP contribution >= 0.6 is 0 Å². The van der Waals surface area contributed by atoms with Crippen molar-refractivity contribution >= 4 is 16.9 Å². The number of nitrogens with one attached hydrogen (secondary N) is 1. The Bertz CT molecular complexity index is 1140. The molecule has 162 valence electrons. The van der Waals surface area contributed by atoms with E-state index in [0.29, 0.717) is 40.2 Å². The highest BCUT2D eigenvalue weighted by Gasteiger charge is 2.31. The van der Waals surface area contributed by atoms with E-state index >= 15 is 0 Å². The molecule has 0 aliphatic carbocycles. The molecule has 31 heavy (non-hydrogen) atoms. The molecule has 0 fully saturated rings. The number of alkyl halides is 3. The molecule has 1 aliphatic rings. The maximum absolute atomic E-state index is 12.4. The largest absolute Gasteiger partial charge is 0.573 e. The van der Waals surface area contributed by atoms with Gasteiger partial charge in [0.05, 0.1) is 37.7 Å². The lowest BCUT2D eigenvalue weighted by molar-refractivity contribution is -0.274. The number of pyridine rings is 1. The predicted molar refractivity (Wildman–Crippen MR) is 102 cm³/mol. The molecule has 2 aromatic heterocycles. The molecule has 8 nitrogen and oxygen atoms in total. The summed E-state index contributed by atoms with van der Waals surface area (Å²) in [5.41, 5.74) is 2.36. The summed E-state index contributed by atoms with van der Waals surface area (Å²) in [6, 6.07) is 6.78. The second-order valence-electron chi connectivity index (χ2n) is 6.65. The molecule has 2 N–H and O–H groups in total. The van der Waals surface area contributed by atoms with Gasteiger partial charge in [-0.25, -0.2) is 9.67 Å². The van der Waals surface area contributed by atoms with Crippen LogP contribution < -0.4 is 10.1 Å². The minimum Gasteiger partial charge on any atom is -0.406 e. The van der Waals surface area contributed by atoms with Gasteiger partial charge in [-0.2, -0.15) is 5.10 Å². The van der Waals surface area contributed by atoms with Crippen molar-refractivity contribution < 1.29 is 32.5 Å². The zero-order valence-corrected chi connectivity index (χ0v) is 16.0. The van der Waals surface area contributed by atoms with Gasteiger partial charge in [0.15, 0.2) is 5.65 Å². The zero-order chi connectivity index (χ0) is 22.0. The molecule has 11 heteroatoms. The van der Waals surface area contributed by atoms with Crippen molar-refractivity contribution in [1.82, 2.24) is 20.1 Å². The molecule has 1 amide bonds. The predicted octanol–water partition coefficient (Wildman–Crippen LogP) is 2.38. The van der Waals surface area contributed by atoms with Crippen LogP contribution in [0.15, 0.2) is 48.2 Å². The summed E-state index contributed by atoms with van der Waals surface area (Å²) in [5.74, 6) is -0.653. The van der Waals surface area contributed by atoms with Gasteiger partial charge in [0, 0.05) is 17.2 Å². The van der Waals surface area contributed by atoms with E-state index in [1.807, 2.05) is 0 Å². The van der Waals surface area contributed by atoms with E-state index < -0.39 is 6.36 Å². The van der Waals surface area contributed by atoms with E-state index in [4.69, 9.17) is 4.74 Å². The fourth-order valence-corrected chi connectivity index (χ4v) is 3.23. The van der Waals surface area contributed by atoms with Crippen LogP contribution in [0.1, 0.15) is 11.3 Å². The summed E-state index contributed by atoms with van der Waals surface area (Å²) in [5, 5.41) is 17.5. The van der Waals surface area contributed by atoms with Crippen LogP contribution in [0.3, 0.4) is 0 Å². The molecule has 0 bridgehead atoms. The molecular weight excluding hydrogens is 417 g/mol. The van der Waals surface area contributed by atoms with Gasteiger partial charge in [-0.05, 0) is 42.0 Å². The normalized spacial score (nSPS) is 14.0. The van der Waals surface area contributed by atoms with Crippen LogP contribution in [0.5, 0.6) is 5.75 Å². The summed E-state index contributed by atoms with van der Waals surface area (Å²) in [6.07, 6.45) is -1.60. The first kappa shape index (κ1) is 20.8. The van der Waals surface area contributed by atoms with E-state index in [0.717, 1.165) is 0 Å². The Balaban J connectivity index is 1.67. The third-order valence-electron chi connectivity index (χ3n) is 4.63. The van der Waals surface area contributed by atoms with Crippen LogP contribution in [-0.2, 0) is 22.7 Å². The van der Waals surface area contributed by atoms with Crippen LogP contribution in [0.4, 0.5) is 13.2 Å². The highest BCUT2D eigenvalue weighted by atomic mass is 19.4. The van der Waals surface area contributed by atoms with Gasteiger partial charge in [0.1, 0.15) is 5.75 Å². The first-order chi connectivity index (χ1) is 14.9. The zero-order valence-electron chi connectivity index (χ0n) is 16.0. The first-order valence-electron chi connectivity index (χ1n) is 9.23. The van der Waals surface area contributed by atoms with Gasteiger partial charge >= 0.3 is 6.36 Å². The molecule has 1 aromatic carbocycles. The van der Waals surface area contributed by atoms with E-state index in [-0.39, 0.29) is 31.4 Å². The van der Waals surface area contributed by atoms with Gasteiger partial charge in [0.25, 0.3) is 0 Å². The van der Waals surface area contributed by atoms with Crippen LogP contribution in [0, 0.1) is 0 Å². The highest BCUT2D eigenvalue weighted by molar-refractivity contribution is 5.94. The Hall–Kier alpha value is -3.44. The smallest absolute Gasteiger partial charge is 0.406 e. The maximum atomic E-state index is 12.4. The Morgan fingerprint density at radius 2 is 2.03 bits per heavy atom. The number of hydrogen-bond acceptors (Lipinski definition) is 6. The second-order valence-corrected chi connectivity index (χ2v) is 6.65. The van der Waals surface area contributed by atoms with E-state index in [1.165, 1.54) is 35.1 Å². The summed E-state index contributed by atoms with van der Waals surface area (Å²) in [6.45, 7) is 0.403. The number of carbonyl (C=O) groups is 1. The fraction of sp³-hybridized carbons (Fsp3) is 0.250. The molecule has 4 rings (SSSR count). The second kappa shape index (κ2) is 8.36. The van der Waals surface area contributed by atoms with Crippen molar-refractivity contribution in [2.45, 2.75) is 19.5 Å². The number of amides is 1. The number of carbonyl (C=O) groups excluding carboxylic acids is 1. The Morgan fingerprint density at radius 1 is 1.26 bits per heavy atom. The fourth-order valence-electron chi connectivity index (χ4n) is 3.23. The summed E-state index contributed by atoms with van der Waals surface area (Å²) in [7, 11) is 0. The third kappa shape index (κ3) is 4.52. The third-order valence-corrected chi connectivity index (χ3v) is 4.63. The van der Waals surface area contributed by atoms with Crippen molar-refractivity contribution in [3.05, 3.63) is 59.4 Å². The minimum absolute atomic E-state index is 0.0631. The Labute approximate surface area is 173 Å². The maximum Gasteiger partial charge on any atom is 0.573 e. The molecule has 1 aliphatic heterocycles. The summed E-state index contributed by atoms with van der Waals surface area (Å²) in [4.78, 5) is 16.6. The number of halogens is 3. The highest BCUT2D eigenvalue weighted by Crippen LogP contribution is 2.27. The number of fused-ring (bicyclic) bond motifs is 1. The molecule has 0 saturated heterocycles. The van der Waals surface area contributed by atoms with E-state index in [9.17, 15) is 23.1 Å². The quantitative estimate of drug-likeness (QED) is 0.618. The van der Waals surface area contributed by atoms with Crippen molar-refractivity contribution in [1.29, 1.82) is 0 Å². The van der Waals surface area contributed by atoms with Crippen LogP contribution in [0.25, 0.3) is 16.7 Å². The average molecular weight is 434 g/mol. The number of nitrogens with zero attached hydrogens (tertiary/aromatic N) is 3. The molecule has 0 unspecified atom stereocenters. The number of hydrogen-bond donors (Lipinski definition) is 2. The standard InChI is InChI=1S/C20H17F3N4O4/c21-20(22,23)31-15-3-1-14(2-4-15)27-18-17(12(10-28)5-7-24-18)16(26-27)9-25-19(29)13-6-8-30-11-13/h1-7,28H,8-11H2,(H,25,29). The Kier molecular flexibility index (Phi) is 5.61. The number of aliphatic hydroxyl groups is 1. The number of aliphatic hydroxyl groups excluding tert-OH is 1. The van der Waals surface area contributed by atoms with Gasteiger partial charge < -0.3 is 19.9 Å². The van der Waals surface area contributed by atoms with Crippen molar-refractivity contribution in [3.63, 3.8) is 0 Å². The number of benzene rings is 1. The topological polar surface area (TPSA) is 98.5 Å². The molecular formula is C20H17F3N4O4. The lowest BCUT2D eigenvalue weighted by Gasteiger charge is -2.09. The number of ether oxygens (including phenoxy) is 2. The molecule has 0 saturated carbocycles. The lowest BCUT2D eigenvalue weighted by atomic mass is 10.1. The minimum atomic E-state index is -4.79. The number of aromatic nitrogens is 3. The Morgan fingerprint density at radius 3 is 2.68 bits per heavy atom. The summed E-state index contributed by atoms with van der Waals surface area (Å²) >= 11 is 0. The monoisotopic (exact) mass is 434 g/mol.